The third kappa shape index (κ3) is 25.3. The van der Waals surface area contributed by atoms with Crippen LogP contribution in [0.1, 0.15) is 162 Å². The van der Waals surface area contributed by atoms with Crippen LogP contribution in [0, 0.1) is 0 Å². The molecule has 0 aromatic carbocycles. The number of carboxylic acids is 1. The number of carbonyl (C=O) groups is 2. The molecule has 1 unspecified atom stereocenters. The van der Waals surface area contributed by atoms with Crippen LogP contribution in [0.3, 0.4) is 0 Å². The molecule has 1 N–H and O–H groups in total. The van der Waals surface area contributed by atoms with Gasteiger partial charge < -0.3 is 9.84 Å². The molecule has 0 radical (unpaired) electrons. The molecule has 0 aromatic rings. The summed E-state index contributed by atoms with van der Waals surface area (Å²) in [6, 6.07) is 0. The highest BCUT2D eigenvalue weighted by Gasteiger charge is 2.14. The molecule has 0 rings (SSSR count). The predicted molar refractivity (Wildman–Crippen MR) is 144 cm³/mol. The number of carbonyl (C=O) groups excluding carboxylic acids is 1. The molecule has 0 amide bonds. The van der Waals surface area contributed by atoms with Crippen molar-refractivity contribution in [3.8, 4) is 0 Å². The van der Waals surface area contributed by atoms with Gasteiger partial charge >= 0.3 is 11.9 Å². The molecule has 0 aliphatic carbocycles. The van der Waals surface area contributed by atoms with Gasteiger partial charge in [0.25, 0.3) is 0 Å². The lowest BCUT2D eigenvalue weighted by Gasteiger charge is -2.18. The van der Waals surface area contributed by atoms with E-state index in [-0.39, 0.29) is 18.5 Å². The molecular formula is C30H56O4. The van der Waals surface area contributed by atoms with Gasteiger partial charge in [0.2, 0.25) is 0 Å². The van der Waals surface area contributed by atoms with Crippen LogP contribution in [0.4, 0.5) is 0 Å². The average Bonchev–Trinajstić information content (AvgIpc) is 2.81. The van der Waals surface area contributed by atoms with Crippen molar-refractivity contribution >= 4 is 11.9 Å². The zero-order valence-electron chi connectivity index (χ0n) is 22.7. The van der Waals surface area contributed by atoms with E-state index in [0.717, 1.165) is 70.6 Å². The van der Waals surface area contributed by atoms with E-state index in [2.05, 4.69) is 26.0 Å². The second-order valence-electron chi connectivity index (χ2n) is 9.94. The Morgan fingerprint density at radius 2 is 1.09 bits per heavy atom. The molecule has 0 saturated carbocycles. The van der Waals surface area contributed by atoms with Gasteiger partial charge in [-0.15, -0.1) is 0 Å². The first-order chi connectivity index (χ1) is 16.6. The zero-order valence-corrected chi connectivity index (χ0v) is 22.7. The normalized spacial score (nSPS) is 12.3. The van der Waals surface area contributed by atoms with Crippen molar-refractivity contribution < 1.29 is 19.4 Å². The van der Waals surface area contributed by atoms with Crippen molar-refractivity contribution in [3.05, 3.63) is 12.2 Å². The Labute approximate surface area is 211 Å². The largest absolute Gasteiger partial charge is 0.481 e. The number of aliphatic carboxylic acids is 1. The predicted octanol–water partition coefficient (Wildman–Crippen LogP) is 9.55. The van der Waals surface area contributed by atoms with Crippen molar-refractivity contribution in [1.82, 2.24) is 0 Å². The second kappa shape index (κ2) is 26.3. The fraction of sp³-hybridized carbons (Fsp3) is 0.867. The standard InChI is InChI=1S/C30H56O4/c1-3-5-7-9-10-11-12-13-14-19-23-27-30(33)34-28(24-20-8-6-4-2)25-21-17-15-16-18-22-26-29(31)32/h9-10,28H,3-8,11-27H2,1-2H3,(H,31,32)/b10-9-. The highest BCUT2D eigenvalue weighted by atomic mass is 16.5. The van der Waals surface area contributed by atoms with E-state index in [1.54, 1.807) is 0 Å². The number of allylic oxidation sites excluding steroid dienone is 2. The smallest absolute Gasteiger partial charge is 0.306 e. The number of carboxylic acid groups (broad SMARTS) is 1. The maximum Gasteiger partial charge on any atom is 0.306 e. The van der Waals surface area contributed by atoms with Gasteiger partial charge in [-0.05, 0) is 57.8 Å². The van der Waals surface area contributed by atoms with Gasteiger partial charge in [-0.1, -0.05) is 103 Å². The van der Waals surface area contributed by atoms with Crippen LogP contribution in [0.2, 0.25) is 0 Å². The lowest BCUT2D eigenvalue weighted by Crippen LogP contribution is -2.18. The summed E-state index contributed by atoms with van der Waals surface area (Å²) in [4.78, 5) is 22.9. The Balaban J connectivity index is 3.91. The fourth-order valence-corrected chi connectivity index (χ4v) is 4.28. The molecule has 0 aliphatic rings. The van der Waals surface area contributed by atoms with Crippen molar-refractivity contribution in [2.24, 2.45) is 0 Å². The Morgan fingerprint density at radius 3 is 1.68 bits per heavy atom. The molecule has 0 aliphatic heterocycles. The number of ether oxygens (including phenoxy) is 1. The molecule has 4 heteroatoms. The second-order valence-corrected chi connectivity index (χ2v) is 9.94. The minimum atomic E-state index is -0.696. The van der Waals surface area contributed by atoms with Crippen molar-refractivity contribution in [2.45, 2.75) is 168 Å². The van der Waals surface area contributed by atoms with Gasteiger partial charge in [0, 0.05) is 12.8 Å². The summed E-state index contributed by atoms with van der Waals surface area (Å²) in [5, 5.41) is 8.69. The van der Waals surface area contributed by atoms with Crippen LogP contribution in [-0.2, 0) is 14.3 Å². The van der Waals surface area contributed by atoms with Gasteiger partial charge in [-0.25, -0.2) is 0 Å². The van der Waals surface area contributed by atoms with Crippen LogP contribution in [0.5, 0.6) is 0 Å². The molecule has 0 heterocycles. The minimum absolute atomic E-state index is 0.00646. The minimum Gasteiger partial charge on any atom is -0.481 e. The van der Waals surface area contributed by atoms with Crippen molar-refractivity contribution in [1.29, 1.82) is 0 Å². The number of rotatable bonds is 26. The maximum atomic E-state index is 12.4. The lowest BCUT2D eigenvalue weighted by atomic mass is 10.0. The zero-order chi connectivity index (χ0) is 25.1. The third-order valence-electron chi connectivity index (χ3n) is 6.49. The van der Waals surface area contributed by atoms with Crippen molar-refractivity contribution in [2.75, 3.05) is 0 Å². The van der Waals surface area contributed by atoms with Gasteiger partial charge in [-0.3, -0.25) is 9.59 Å². The van der Waals surface area contributed by atoms with Crippen molar-refractivity contribution in [3.63, 3.8) is 0 Å². The van der Waals surface area contributed by atoms with E-state index in [1.807, 2.05) is 0 Å². The van der Waals surface area contributed by atoms with Crippen LogP contribution >= 0.6 is 0 Å². The Morgan fingerprint density at radius 1 is 0.618 bits per heavy atom. The monoisotopic (exact) mass is 480 g/mol. The number of esters is 1. The highest BCUT2D eigenvalue weighted by molar-refractivity contribution is 5.69. The first-order valence-electron chi connectivity index (χ1n) is 14.7. The first kappa shape index (κ1) is 32.7. The molecule has 0 aromatic heterocycles. The number of hydrogen-bond acceptors (Lipinski definition) is 3. The van der Waals surface area contributed by atoms with E-state index >= 15 is 0 Å². The van der Waals surface area contributed by atoms with E-state index in [0.29, 0.717) is 6.42 Å². The van der Waals surface area contributed by atoms with E-state index < -0.39 is 5.97 Å². The van der Waals surface area contributed by atoms with Crippen LogP contribution < -0.4 is 0 Å². The number of unbranched alkanes of at least 4 members (excludes halogenated alkanes) is 15. The Kier molecular flexibility index (Phi) is 25.3. The maximum absolute atomic E-state index is 12.4. The topological polar surface area (TPSA) is 63.6 Å². The Hall–Kier alpha value is -1.32. The van der Waals surface area contributed by atoms with Gasteiger partial charge in [0.05, 0.1) is 0 Å². The summed E-state index contributed by atoms with van der Waals surface area (Å²) >= 11 is 0. The van der Waals surface area contributed by atoms with Crippen LogP contribution in [-0.4, -0.2) is 23.1 Å². The molecule has 0 spiro atoms. The summed E-state index contributed by atoms with van der Waals surface area (Å²) in [7, 11) is 0. The van der Waals surface area contributed by atoms with Crippen LogP contribution in [0.15, 0.2) is 12.2 Å². The highest BCUT2D eigenvalue weighted by Crippen LogP contribution is 2.18. The summed E-state index contributed by atoms with van der Waals surface area (Å²) in [6.45, 7) is 4.45. The summed E-state index contributed by atoms with van der Waals surface area (Å²) in [6.07, 6.45) is 29.4. The molecule has 200 valence electrons. The van der Waals surface area contributed by atoms with Gasteiger partial charge in [-0.2, -0.15) is 0 Å². The molecule has 34 heavy (non-hydrogen) atoms. The fourth-order valence-electron chi connectivity index (χ4n) is 4.28. The molecule has 0 saturated heterocycles. The van der Waals surface area contributed by atoms with E-state index in [1.165, 1.54) is 64.2 Å². The summed E-state index contributed by atoms with van der Waals surface area (Å²) in [5.74, 6) is -0.702. The molecule has 1 atom stereocenters. The molecule has 0 bridgehead atoms. The summed E-state index contributed by atoms with van der Waals surface area (Å²) < 4.78 is 5.88. The molecule has 0 fully saturated rings. The van der Waals surface area contributed by atoms with Gasteiger partial charge in [0.15, 0.2) is 0 Å². The Bertz CT molecular complexity index is 486. The van der Waals surface area contributed by atoms with E-state index in [9.17, 15) is 9.59 Å². The average molecular weight is 481 g/mol. The van der Waals surface area contributed by atoms with Crippen LogP contribution in [0.25, 0.3) is 0 Å². The quantitative estimate of drug-likeness (QED) is 0.0760. The van der Waals surface area contributed by atoms with Gasteiger partial charge in [0.1, 0.15) is 6.10 Å². The SMILES string of the molecule is CCCC/C=C\CCCCCCCC(=O)OC(CCCCCC)CCCCCCCCC(=O)O. The third-order valence-corrected chi connectivity index (χ3v) is 6.49. The lowest BCUT2D eigenvalue weighted by molar-refractivity contribution is -0.150. The van der Waals surface area contributed by atoms with E-state index in [4.69, 9.17) is 9.84 Å². The first-order valence-corrected chi connectivity index (χ1v) is 14.7. The summed E-state index contributed by atoms with van der Waals surface area (Å²) in [5.41, 5.74) is 0. The molecular weight excluding hydrogens is 424 g/mol. The molecule has 4 nitrogen and oxygen atoms in total. The number of hydrogen-bond donors (Lipinski definition) is 1.